The van der Waals surface area contributed by atoms with Crippen molar-refractivity contribution in [1.29, 1.82) is 0 Å². The maximum absolute atomic E-state index is 9.82. The highest BCUT2D eigenvalue weighted by molar-refractivity contribution is 6.31. The highest BCUT2D eigenvalue weighted by atomic mass is 35.5. The van der Waals surface area contributed by atoms with Crippen molar-refractivity contribution < 1.29 is 14.9 Å². The van der Waals surface area contributed by atoms with E-state index in [0.29, 0.717) is 23.4 Å². The molecule has 2 N–H and O–H groups in total. The van der Waals surface area contributed by atoms with E-state index in [9.17, 15) is 10.2 Å². The van der Waals surface area contributed by atoms with Crippen molar-refractivity contribution in [2.45, 2.75) is 39.8 Å². The van der Waals surface area contributed by atoms with E-state index in [4.69, 9.17) is 16.3 Å². The maximum atomic E-state index is 9.82. The molecule has 25 heavy (non-hydrogen) atoms. The van der Waals surface area contributed by atoms with Crippen molar-refractivity contribution in [3.63, 3.8) is 0 Å². The zero-order valence-electron chi connectivity index (χ0n) is 15.8. The van der Waals surface area contributed by atoms with Crippen molar-refractivity contribution in [3.05, 3.63) is 22.7 Å². The van der Waals surface area contributed by atoms with E-state index in [2.05, 4.69) is 30.6 Å². The number of hydrogen-bond donors (Lipinski definition) is 2. The highest BCUT2D eigenvalue weighted by Gasteiger charge is 2.29. The molecule has 1 aliphatic heterocycles. The van der Waals surface area contributed by atoms with Gasteiger partial charge in [-0.1, -0.05) is 32.4 Å². The van der Waals surface area contributed by atoms with Crippen LogP contribution in [0.25, 0.3) is 0 Å². The summed E-state index contributed by atoms with van der Waals surface area (Å²) in [6.07, 6.45) is 0.777. The third-order valence-electron chi connectivity index (χ3n) is 4.57. The van der Waals surface area contributed by atoms with Crippen molar-refractivity contribution in [2.24, 2.45) is 5.41 Å². The van der Waals surface area contributed by atoms with Crippen LogP contribution in [0.3, 0.4) is 0 Å². The molecular weight excluding hydrogens is 340 g/mol. The molecule has 1 aliphatic rings. The van der Waals surface area contributed by atoms with E-state index >= 15 is 0 Å². The van der Waals surface area contributed by atoms with Crippen LogP contribution in [0.4, 0.5) is 0 Å². The summed E-state index contributed by atoms with van der Waals surface area (Å²) in [5, 5.41) is 19.8. The lowest BCUT2D eigenvalue weighted by atomic mass is 9.94. The lowest BCUT2D eigenvalue weighted by Gasteiger charge is -2.44. The minimum Gasteiger partial charge on any atom is -0.504 e. The molecule has 142 valence electrons. The lowest BCUT2D eigenvalue weighted by Crippen LogP contribution is -2.54. The number of benzene rings is 1. The fourth-order valence-corrected chi connectivity index (χ4v) is 3.67. The normalized spacial score (nSPS) is 20.0. The van der Waals surface area contributed by atoms with Gasteiger partial charge in [0.25, 0.3) is 0 Å². The largest absolute Gasteiger partial charge is 0.504 e. The zero-order chi connectivity index (χ0) is 18.6. The minimum atomic E-state index is 0.0596. The molecule has 1 aromatic rings. The molecule has 0 amide bonds. The molecule has 0 aromatic heterocycles. The molecule has 1 atom stereocenters. The smallest absolute Gasteiger partial charge is 0.160 e. The number of aliphatic hydroxyl groups excluding tert-OH is 1. The second-order valence-corrected chi connectivity index (χ2v) is 8.46. The molecular formula is C19H31ClN2O3. The van der Waals surface area contributed by atoms with Crippen molar-refractivity contribution >= 4 is 11.6 Å². The quantitative estimate of drug-likeness (QED) is 0.806. The second-order valence-electron chi connectivity index (χ2n) is 8.05. The summed E-state index contributed by atoms with van der Waals surface area (Å²) < 4.78 is 5.19. The van der Waals surface area contributed by atoms with E-state index in [-0.39, 0.29) is 17.8 Å². The topological polar surface area (TPSA) is 56.2 Å². The number of methoxy groups -OCH3 is 1. The first kappa shape index (κ1) is 20.3. The zero-order valence-corrected chi connectivity index (χ0v) is 16.5. The number of rotatable bonds is 6. The van der Waals surface area contributed by atoms with Crippen LogP contribution in [0, 0.1) is 5.41 Å². The molecule has 2 rings (SSSR count). The number of hydrogen-bond acceptors (Lipinski definition) is 5. The SMILES string of the molecule is COc1cc(CN2CCN(CC(C)(C)C)[C@@H](CCO)C2)c(Cl)cc1O. The Morgan fingerprint density at radius 2 is 2.00 bits per heavy atom. The van der Waals surface area contributed by atoms with Crippen molar-refractivity contribution in [3.8, 4) is 11.5 Å². The standard InChI is InChI=1S/C19H31ClN2O3/c1-19(2,3)13-22-7-6-21(12-15(22)5-8-23)11-14-9-18(25-4)17(24)10-16(14)20/h9-10,15,23-24H,5-8,11-13H2,1-4H3/t15-/m0/s1. The maximum Gasteiger partial charge on any atom is 0.160 e. The first-order chi connectivity index (χ1) is 11.7. The van der Waals surface area contributed by atoms with Gasteiger partial charge in [0, 0.05) is 56.5 Å². The van der Waals surface area contributed by atoms with Crippen LogP contribution < -0.4 is 4.74 Å². The molecule has 6 heteroatoms. The Bertz CT molecular complexity index is 575. The van der Waals surface area contributed by atoms with Gasteiger partial charge in [0.1, 0.15) is 0 Å². The fraction of sp³-hybridized carbons (Fsp3) is 0.684. The highest BCUT2D eigenvalue weighted by Crippen LogP contribution is 2.33. The van der Waals surface area contributed by atoms with Gasteiger partial charge in [0.05, 0.1) is 7.11 Å². The molecule has 1 fully saturated rings. The molecule has 1 saturated heterocycles. The van der Waals surface area contributed by atoms with Crippen LogP contribution in [0.5, 0.6) is 11.5 Å². The van der Waals surface area contributed by atoms with Crippen LogP contribution in [-0.2, 0) is 6.54 Å². The first-order valence-corrected chi connectivity index (χ1v) is 9.24. The average Bonchev–Trinajstić information content (AvgIpc) is 2.51. The van der Waals surface area contributed by atoms with E-state index in [1.54, 1.807) is 6.07 Å². The van der Waals surface area contributed by atoms with Crippen LogP contribution in [0.1, 0.15) is 32.8 Å². The van der Waals surface area contributed by atoms with E-state index in [1.807, 2.05) is 0 Å². The number of phenols is 1. The number of phenolic OH excluding ortho intramolecular Hbond substituents is 1. The van der Waals surface area contributed by atoms with Crippen molar-refractivity contribution in [2.75, 3.05) is 39.9 Å². The Kier molecular flexibility index (Phi) is 6.97. The van der Waals surface area contributed by atoms with Crippen LogP contribution in [0.15, 0.2) is 12.1 Å². The lowest BCUT2D eigenvalue weighted by molar-refractivity contribution is 0.0339. The summed E-state index contributed by atoms with van der Waals surface area (Å²) >= 11 is 6.30. The molecule has 0 bridgehead atoms. The van der Waals surface area contributed by atoms with Gasteiger partial charge in [-0.05, 0) is 23.5 Å². The summed E-state index contributed by atoms with van der Waals surface area (Å²) in [7, 11) is 1.54. The molecule has 1 heterocycles. The third-order valence-corrected chi connectivity index (χ3v) is 4.92. The van der Waals surface area contributed by atoms with Gasteiger partial charge in [0.15, 0.2) is 11.5 Å². The molecule has 0 aliphatic carbocycles. The van der Waals surface area contributed by atoms with Gasteiger partial charge < -0.3 is 14.9 Å². The molecule has 0 saturated carbocycles. The van der Waals surface area contributed by atoms with Crippen LogP contribution >= 0.6 is 11.6 Å². The number of piperazine rings is 1. The first-order valence-electron chi connectivity index (χ1n) is 8.86. The van der Waals surface area contributed by atoms with Crippen LogP contribution in [0.2, 0.25) is 5.02 Å². The van der Waals surface area contributed by atoms with E-state index < -0.39 is 0 Å². The number of aliphatic hydroxyl groups is 1. The second kappa shape index (κ2) is 8.58. The van der Waals surface area contributed by atoms with Gasteiger partial charge in [-0.15, -0.1) is 0 Å². The molecule has 1 aromatic carbocycles. The number of halogens is 1. The molecule has 0 unspecified atom stereocenters. The summed E-state index contributed by atoms with van der Waals surface area (Å²) in [5.74, 6) is 0.502. The summed E-state index contributed by atoms with van der Waals surface area (Å²) in [6, 6.07) is 3.69. The predicted octanol–water partition coefficient (Wildman–Crippen LogP) is 2.97. The predicted molar refractivity (Wildman–Crippen MR) is 101 cm³/mol. The summed E-state index contributed by atoms with van der Waals surface area (Å²) in [4.78, 5) is 4.85. The minimum absolute atomic E-state index is 0.0596. The number of aromatic hydroxyl groups is 1. The van der Waals surface area contributed by atoms with E-state index in [0.717, 1.165) is 38.2 Å². The molecule has 5 nitrogen and oxygen atoms in total. The number of ether oxygens (including phenoxy) is 1. The monoisotopic (exact) mass is 370 g/mol. The summed E-state index contributed by atoms with van der Waals surface area (Å²) in [5.41, 5.74) is 1.19. The average molecular weight is 371 g/mol. The van der Waals surface area contributed by atoms with Crippen molar-refractivity contribution in [1.82, 2.24) is 9.80 Å². The fourth-order valence-electron chi connectivity index (χ4n) is 3.45. The molecule has 0 spiro atoms. The van der Waals surface area contributed by atoms with E-state index in [1.165, 1.54) is 13.2 Å². The Morgan fingerprint density at radius 1 is 1.28 bits per heavy atom. The van der Waals surface area contributed by atoms with Gasteiger partial charge >= 0.3 is 0 Å². The van der Waals surface area contributed by atoms with Gasteiger partial charge in [-0.2, -0.15) is 0 Å². The van der Waals surface area contributed by atoms with Crippen LogP contribution in [-0.4, -0.2) is 66.0 Å². The Balaban J connectivity index is 2.07. The number of nitrogens with zero attached hydrogens (tertiary/aromatic N) is 2. The Hall–Kier alpha value is -1.01. The van der Waals surface area contributed by atoms with Gasteiger partial charge in [-0.25, -0.2) is 0 Å². The third kappa shape index (κ3) is 5.74. The molecule has 0 radical (unpaired) electrons. The van der Waals surface area contributed by atoms with Gasteiger partial charge in [-0.3, -0.25) is 9.80 Å². The Labute approximate surface area is 156 Å². The van der Waals surface area contributed by atoms with Gasteiger partial charge in [0.2, 0.25) is 0 Å². The Morgan fingerprint density at radius 3 is 2.60 bits per heavy atom. The summed E-state index contributed by atoms with van der Waals surface area (Å²) in [6.45, 7) is 11.5.